The van der Waals surface area contributed by atoms with Crippen molar-refractivity contribution in [1.29, 1.82) is 0 Å². The minimum Gasteiger partial charge on any atom is -0.398 e. The van der Waals surface area contributed by atoms with Gasteiger partial charge in [0.1, 0.15) is 0 Å². The van der Waals surface area contributed by atoms with Gasteiger partial charge in [-0.15, -0.1) is 0 Å². The van der Waals surface area contributed by atoms with Crippen molar-refractivity contribution in [2.24, 2.45) is 0 Å². The summed E-state index contributed by atoms with van der Waals surface area (Å²) in [5.74, 6) is 0. The van der Waals surface area contributed by atoms with E-state index >= 15 is 0 Å². The van der Waals surface area contributed by atoms with E-state index in [9.17, 15) is 8.42 Å². The average Bonchev–Trinajstić information content (AvgIpc) is 2.22. The summed E-state index contributed by atoms with van der Waals surface area (Å²) in [5.41, 5.74) is 7.73. The molecule has 0 aliphatic heterocycles. The molecule has 0 aromatic heterocycles. The largest absolute Gasteiger partial charge is 0.398 e. The zero-order valence-electron chi connectivity index (χ0n) is 11.3. The van der Waals surface area contributed by atoms with E-state index in [2.05, 4.69) is 4.72 Å². The van der Waals surface area contributed by atoms with Crippen LogP contribution in [0.1, 0.15) is 11.1 Å². The van der Waals surface area contributed by atoms with Crippen LogP contribution >= 0.6 is 0 Å². The van der Waals surface area contributed by atoms with Gasteiger partial charge in [0.15, 0.2) is 0 Å². The Labute approximate surface area is 109 Å². The number of sulfonamides is 1. The molecule has 0 aliphatic rings. The zero-order chi connectivity index (χ0) is 13.9. The third-order valence-corrected chi connectivity index (χ3v) is 4.27. The molecule has 1 aromatic carbocycles. The van der Waals surface area contributed by atoms with E-state index in [1.165, 1.54) is 0 Å². The molecule has 1 aromatic rings. The lowest BCUT2D eigenvalue weighted by Gasteiger charge is -2.14. The van der Waals surface area contributed by atoms with E-state index in [-0.39, 0.29) is 4.90 Å². The van der Waals surface area contributed by atoms with Crippen molar-refractivity contribution in [3.05, 3.63) is 23.3 Å². The van der Waals surface area contributed by atoms with Crippen LogP contribution in [0.25, 0.3) is 0 Å². The first-order valence-electron chi connectivity index (χ1n) is 5.75. The van der Waals surface area contributed by atoms with Crippen molar-refractivity contribution in [2.75, 3.05) is 32.9 Å². The minimum atomic E-state index is -3.49. The van der Waals surface area contributed by atoms with Gasteiger partial charge in [0.05, 0.1) is 4.90 Å². The molecule has 0 unspecified atom stereocenters. The Morgan fingerprint density at radius 1 is 1.28 bits per heavy atom. The molecule has 102 valence electrons. The van der Waals surface area contributed by atoms with Crippen LogP contribution in [0.4, 0.5) is 5.69 Å². The number of aryl methyl sites for hydroxylation is 1. The van der Waals surface area contributed by atoms with Crippen LogP contribution in [-0.2, 0) is 10.0 Å². The lowest BCUT2D eigenvalue weighted by atomic mass is 10.1. The first-order chi connectivity index (χ1) is 8.24. The fourth-order valence-corrected chi connectivity index (χ4v) is 2.99. The molecule has 0 fully saturated rings. The van der Waals surface area contributed by atoms with E-state index < -0.39 is 10.0 Å². The molecule has 0 radical (unpaired) electrons. The molecule has 0 bridgehead atoms. The monoisotopic (exact) mass is 271 g/mol. The summed E-state index contributed by atoms with van der Waals surface area (Å²) in [7, 11) is 0.298. The van der Waals surface area contributed by atoms with Gasteiger partial charge in [-0.25, -0.2) is 13.1 Å². The Hall–Kier alpha value is -1.11. The van der Waals surface area contributed by atoms with Crippen molar-refractivity contribution < 1.29 is 8.42 Å². The number of likely N-dealkylation sites (N-methyl/N-ethyl adjacent to an activating group) is 1. The predicted molar refractivity (Wildman–Crippen MR) is 74.1 cm³/mol. The van der Waals surface area contributed by atoms with E-state index in [0.717, 1.165) is 5.56 Å². The highest BCUT2D eigenvalue weighted by Crippen LogP contribution is 2.22. The molecule has 0 amide bonds. The highest BCUT2D eigenvalue weighted by atomic mass is 32.2. The number of nitrogens with two attached hydrogens (primary N) is 1. The third-order valence-electron chi connectivity index (χ3n) is 2.69. The van der Waals surface area contributed by atoms with Gasteiger partial charge < -0.3 is 10.6 Å². The number of nitrogens with zero attached hydrogens (tertiary/aromatic N) is 1. The smallest absolute Gasteiger partial charge is 0.240 e. The van der Waals surface area contributed by atoms with Crippen LogP contribution in [0, 0.1) is 13.8 Å². The third kappa shape index (κ3) is 3.69. The Morgan fingerprint density at radius 3 is 2.44 bits per heavy atom. The SMILES string of the molecule is Cc1cc(N)c(C)c(S(=O)(=O)NCCN(C)C)c1. The maximum absolute atomic E-state index is 12.2. The first kappa shape index (κ1) is 14.9. The summed E-state index contributed by atoms with van der Waals surface area (Å²) in [4.78, 5) is 2.18. The Morgan fingerprint density at radius 2 is 1.89 bits per heavy atom. The second-order valence-corrected chi connectivity index (χ2v) is 6.41. The molecule has 0 aliphatic carbocycles. The van der Waals surface area contributed by atoms with Gasteiger partial charge >= 0.3 is 0 Å². The average molecular weight is 271 g/mol. The quantitative estimate of drug-likeness (QED) is 0.774. The van der Waals surface area contributed by atoms with Crippen LogP contribution in [0.5, 0.6) is 0 Å². The second-order valence-electron chi connectivity index (χ2n) is 4.68. The second kappa shape index (κ2) is 5.69. The van der Waals surface area contributed by atoms with Crippen molar-refractivity contribution in [2.45, 2.75) is 18.7 Å². The van der Waals surface area contributed by atoms with Gasteiger partial charge in [-0.05, 0) is 51.2 Å². The topological polar surface area (TPSA) is 75.4 Å². The molecular weight excluding hydrogens is 250 g/mol. The normalized spacial score (nSPS) is 12.1. The van der Waals surface area contributed by atoms with Crippen molar-refractivity contribution in [1.82, 2.24) is 9.62 Å². The number of nitrogen functional groups attached to an aromatic ring is 1. The van der Waals surface area contributed by atoms with E-state index in [4.69, 9.17) is 5.73 Å². The molecule has 0 atom stereocenters. The van der Waals surface area contributed by atoms with Crippen LogP contribution < -0.4 is 10.5 Å². The maximum atomic E-state index is 12.2. The van der Waals surface area contributed by atoms with Gasteiger partial charge in [0.2, 0.25) is 10.0 Å². The highest BCUT2D eigenvalue weighted by Gasteiger charge is 2.18. The van der Waals surface area contributed by atoms with Gasteiger partial charge in [0.25, 0.3) is 0 Å². The Balaban J connectivity index is 2.98. The standard InChI is InChI=1S/C12H21N3O2S/c1-9-7-11(13)10(2)12(8-9)18(16,17)14-5-6-15(3)4/h7-8,14H,5-6,13H2,1-4H3. The van der Waals surface area contributed by atoms with Crippen molar-refractivity contribution in [3.8, 4) is 0 Å². The summed E-state index contributed by atoms with van der Waals surface area (Å²) >= 11 is 0. The Kier molecular flexibility index (Phi) is 4.72. The van der Waals surface area contributed by atoms with Crippen LogP contribution in [0.3, 0.4) is 0 Å². The predicted octanol–water partition coefficient (Wildman–Crippen LogP) is 0.726. The molecule has 0 spiro atoms. The fourth-order valence-electron chi connectivity index (χ4n) is 1.61. The number of benzene rings is 1. The zero-order valence-corrected chi connectivity index (χ0v) is 12.1. The summed E-state index contributed by atoms with van der Waals surface area (Å²) in [6.07, 6.45) is 0. The van der Waals surface area contributed by atoms with E-state index in [0.29, 0.717) is 24.3 Å². The highest BCUT2D eigenvalue weighted by molar-refractivity contribution is 7.89. The number of anilines is 1. The van der Waals surface area contributed by atoms with E-state index in [1.807, 2.05) is 25.9 Å². The molecule has 3 N–H and O–H groups in total. The first-order valence-corrected chi connectivity index (χ1v) is 7.23. The lowest BCUT2D eigenvalue weighted by Crippen LogP contribution is -2.31. The number of hydrogen-bond donors (Lipinski definition) is 2. The molecule has 0 saturated carbocycles. The molecule has 5 nitrogen and oxygen atoms in total. The number of nitrogens with one attached hydrogen (secondary N) is 1. The van der Waals surface area contributed by atoms with Gasteiger partial charge in [-0.3, -0.25) is 0 Å². The van der Waals surface area contributed by atoms with Gasteiger partial charge in [-0.1, -0.05) is 0 Å². The van der Waals surface area contributed by atoms with Crippen LogP contribution in [0.15, 0.2) is 17.0 Å². The number of rotatable bonds is 5. The summed E-state index contributed by atoms with van der Waals surface area (Å²) in [5, 5.41) is 0. The van der Waals surface area contributed by atoms with E-state index in [1.54, 1.807) is 19.1 Å². The van der Waals surface area contributed by atoms with Gasteiger partial charge in [-0.2, -0.15) is 0 Å². The molecule has 0 saturated heterocycles. The Bertz CT molecular complexity index is 524. The summed E-state index contributed by atoms with van der Waals surface area (Å²) in [6, 6.07) is 3.41. The van der Waals surface area contributed by atoms with Crippen LogP contribution in [0.2, 0.25) is 0 Å². The summed E-state index contributed by atoms with van der Waals surface area (Å²) < 4.78 is 26.9. The van der Waals surface area contributed by atoms with Crippen molar-refractivity contribution in [3.63, 3.8) is 0 Å². The minimum absolute atomic E-state index is 0.263. The molecule has 18 heavy (non-hydrogen) atoms. The maximum Gasteiger partial charge on any atom is 0.240 e. The lowest BCUT2D eigenvalue weighted by molar-refractivity contribution is 0.412. The van der Waals surface area contributed by atoms with Crippen LogP contribution in [-0.4, -0.2) is 40.5 Å². The van der Waals surface area contributed by atoms with Crippen molar-refractivity contribution >= 4 is 15.7 Å². The number of hydrogen-bond acceptors (Lipinski definition) is 4. The molecule has 0 heterocycles. The molecular formula is C12H21N3O2S. The molecule has 1 rings (SSSR count). The fraction of sp³-hybridized carbons (Fsp3) is 0.500. The molecule has 6 heteroatoms. The summed E-state index contributed by atoms with van der Waals surface area (Å²) in [6.45, 7) is 4.58. The van der Waals surface area contributed by atoms with Gasteiger partial charge in [0, 0.05) is 18.8 Å².